The highest BCUT2D eigenvalue weighted by atomic mass is 28.4. The molecule has 0 spiro atoms. The summed E-state index contributed by atoms with van der Waals surface area (Å²) >= 11 is 0. The molecule has 0 saturated carbocycles. The Morgan fingerprint density at radius 2 is 1.43 bits per heavy atom. The Morgan fingerprint density at radius 1 is 0.863 bits per heavy atom. The minimum atomic E-state index is -3.36. The molecule has 0 radical (unpaired) electrons. The number of hydrogen-bond donors (Lipinski definition) is 2. The van der Waals surface area contributed by atoms with E-state index in [-0.39, 0.29) is 17.4 Å². The summed E-state index contributed by atoms with van der Waals surface area (Å²) in [5.41, 5.74) is 2.65. The standard InChI is InChI=1S/C42H47F4N3OSi/c1-27-20-34-33-18-12-13-19-37(33)48-39(34)40(38-35(43)21-29(22-36(38)44)28(2)30-23-47-24-30)49(27)25-42(45,46)26-50-51(41(3,4)5,31-14-8-6-9-15-31)32-16-10-7-11-17-32/h6-19,21-22,27-28,30,40,47-48H,20,23-26H2,1-5H3/t27-,28?,40-/m1/s1. The predicted molar refractivity (Wildman–Crippen MR) is 200 cm³/mol. The van der Waals surface area contributed by atoms with Crippen molar-refractivity contribution >= 4 is 29.6 Å². The number of para-hydroxylation sites is 1. The molecule has 9 heteroatoms. The molecule has 4 aromatic carbocycles. The number of aromatic amines is 1. The third-order valence-corrected chi connectivity index (χ3v) is 16.3. The van der Waals surface area contributed by atoms with Crippen molar-refractivity contribution < 1.29 is 22.0 Å². The van der Waals surface area contributed by atoms with Crippen LogP contribution in [0.1, 0.15) is 69.0 Å². The van der Waals surface area contributed by atoms with Crippen LogP contribution in [0.3, 0.4) is 0 Å². The van der Waals surface area contributed by atoms with Crippen LogP contribution in [0.25, 0.3) is 10.9 Å². The van der Waals surface area contributed by atoms with Crippen LogP contribution in [-0.2, 0) is 10.8 Å². The van der Waals surface area contributed by atoms with Gasteiger partial charge in [0.1, 0.15) is 11.6 Å². The zero-order chi connectivity index (χ0) is 36.1. The van der Waals surface area contributed by atoms with Gasteiger partial charge in [0.05, 0.1) is 19.2 Å². The lowest BCUT2D eigenvalue weighted by Crippen LogP contribution is -2.67. The number of hydrogen-bond acceptors (Lipinski definition) is 3. The van der Waals surface area contributed by atoms with E-state index in [0.717, 1.165) is 39.9 Å². The minimum absolute atomic E-state index is 0.0442. The summed E-state index contributed by atoms with van der Waals surface area (Å²) in [4.78, 5) is 4.97. The highest BCUT2D eigenvalue weighted by Crippen LogP contribution is 2.45. The van der Waals surface area contributed by atoms with Crippen LogP contribution in [0.2, 0.25) is 5.04 Å². The van der Waals surface area contributed by atoms with Gasteiger partial charge in [0.2, 0.25) is 0 Å². The molecule has 3 heterocycles. The Balaban J connectivity index is 1.28. The maximum Gasteiger partial charge on any atom is 0.282 e. The van der Waals surface area contributed by atoms with E-state index in [1.165, 1.54) is 12.1 Å². The zero-order valence-corrected chi connectivity index (χ0v) is 30.9. The third-order valence-electron chi connectivity index (χ3n) is 11.3. The molecule has 1 aromatic heterocycles. The molecule has 268 valence electrons. The highest BCUT2D eigenvalue weighted by Gasteiger charge is 2.52. The second-order valence-corrected chi connectivity index (χ2v) is 19.9. The summed E-state index contributed by atoms with van der Waals surface area (Å²) in [5, 5.41) is 5.49. The quantitative estimate of drug-likeness (QED) is 0.113. The van der Waals surface area contributed by atoms with E-state index in [9.17, 15) is 0 Å². The monoisotopic (exact) mass is 713 g/mol. The molecular weight excluding hydrogens is 667 g/mol. The third kappa shape index (κ3) is 6.47. The Kier molecular flexibility index (Phi) is 9.54. The molecule has 0 amide bonds. The van der Waals surface area contributed by atoms with Gasteiger partial charge in [0.15, 0.2) is 0 Å². The summed E-state index contributed by atoms with van der Waals surface area (Å²) < 4.78 is 73.1. The van der Waals surface area contributed by atoms with Crippen LogP contribution in [0.4, 0.5) is 17.6 Å². The Morgan fingerprint density at radius 3 is 1.98 bits per heavy atom. The lowest BCUT2D eigenvalue weighted by molar-refractivity contribution is -0.0825. The average molecular weight is 714 g/mol. The van der Waals surface area contributed by atoms with Crippen molar-refractivity contribution in [3.05, 3.63) is 131 Å². The number of alkyl halides is 2. The molecule has 1 unspecified atom stereocenters. The first-order valence-electron chi connectivity index (χ1n) is 18.0. The highest BCUT2D eigenvalue weighted by molar-refractivity contribution is 6.99. The van der Waals surface area contributed by atoms with E-state index in [2.05, 4.69) is 31.1 Å². The van der Waals surface area contributed by atoms with Crippen LogP contribution >= 0.6 is 0 Å². The van der Waals surface area contributed by atoms with E-state index < -0.39 is 56.1 Å². The van der Waals surface area contributed by atoms with Crippen molar-refractivity contribution in [3.8, 4) is 0 Å². The SMILES string of the molecule is CC(c1cc(F)c([C@@H]2c3[nH]c4ccccc4c3C[C@@H](C)N2CC(F)(F)CO[Si](c2ccccc2)(c2ccccc2)C(C)(C)C)c(F)c1)C1CNC1. The number of H-pyrrole nitrogens is 1. The van der Waals surface area contributed by atoms with Gasteiger partial charge in [-0.3, -0.25) is 4.90 Å². The maximum atomic E-state index is 16.8. The first-order chi connectivity index (χ1) is 24.3. The Hall–Kier alpha value is -3.76. The lowest BCUT2D eigenvalue weighted by Gasteiger charge is -2.45. The van der Waals surface area contributed by atoms with Crippen molar-refractivity contribution in [1.29, 1.82) is 0 Å². The van der Waals surface area contributed by atoms with Crippen LogP contribution in [0.5, 0.6) is 0 Å². The Bertz CT molecular complexity index is 1930. The van der Waals surface area contributed by atoms with Gasteiger partial charge in [-0.2, -0.15) is 0 Å². The van der Waals surface area contributed by atoms with E-state index in [0.29, 0.717) is 17.7 Å². The van der Waals surface area contributed by atoms with Crippen molar-refractivity contribution in [2.75, 3.05) is 26.2 Å². The molecule has 7 rings (SSSR count). The summed E-state index contributed by atoms with van der Waals surface area (Å²) in [5.74, 6) is -4.55. The number of rotatable bonds is 10. The summed E-state index contributed by atoms with van der Waals surface area (Å²) in [7, 11) is -3.27. The molecule has 1 saturated heterocycles. The zero-order valence-electron chi connectivity index (χ0n) is 29.9. The van der Waals surface area contributed by atoms with Gasteiger partial charge >= 0.3 is 0 Å². The van der Waals surface area contributed by atoms with Crippen LogP contribution in [0.15, 0.2) is 97.1 Å². The van der Waals surface area contributed by atoms with Gasteiger partial charge in [-0.25, -0.2) is 17.6 Å². The summed E-state index contributed by atoms with van der Waals surface area (Å²) in [6, 6.07) is 28.4. The molecule has 2 N–H and O–H groups in total. The van der Waals surface area contributed by atoms with Crippen LogP contribution < -0.4 is 15.7 Å². The largest absolute Gasteiger partial charge is 0.401 e. The molecule has 4 nitrogen and oxygen atoms in total. The fourth-order valence-corrected chi connectivity index (χ4v) is 13.0. The molecule has 0 bridgehead atoms. The van der Waals surface area contributed by atoms with E-state index in [1.807, 2.05) is 98.8 Å². The molecular formula is C42H47F4N3OSi. The second kappa shape index (κ2) is 13.7. The molecule has 2 aliphatic heterocycles. The number of nitrogens with zero attached hydrogens (tertiary/aromatic N) is 1. The van der Waals surface area contributed by atoms with Crippen LogP contribution in [0, 0.1) is 17.6 Å². The lowest BCUT2D eigenvalue weighted by atomic mass is 9.82. The summed E-state index contributed by atoms with van der Waals surface area (Å²) in [6.07, 6.45) is 0.453. The molecule has 0 aliphatic carbocycles. The number of halogens is 4. The molecule has 51 heavy (non-hydrogen) atoms. The number of aromatic nitrogens is 1. The predicted octanol–water partition coefficient (Wildman–Crippen LogP) is 8.32. The first kappa shape index (κ1) is 35.6. The van der Waals surface area contributed by atoms with Crippen LogP contribution in [-0.4, -0.2) is 56.4 Å². The van der Waals surface area contributed by atoms with Crippen molar-refractivity contribution in [2.45, 2.75) is 70.0 Å². The van der Waals surface area contributed by atoms with Gasteiger partial charge in [-0.05, 0) is 83.0 Å². The van der Waals surface area contributed by atoms with Gasteiger partial charge in [-0.1, -0.05) is 107 Å². The van der Waals surface area contributed by atoms with Crippen molar-refractivity contribution in [1.82, 2.24) is 15.2 Å². The molecule has 3 atom stereocenters. The smallest absolute Gasteiger partial charge is 0.282 e. The number of nitrogens with one attached hydrogen (secondary N) is 2. The molecule has 2 aliphatic rings. The van der Waals surface area contributed by atoms with E-state index in [1.54, 1.807) is 4.90 Å². The number of fused-ring (bicyclic) bond motifs is 3. The average Bonchev–Trinajstić information content (AvgIpc) is 3.43. The number of benzene rings is 4. The molecule has 1 fully saturated rings. The van der Waals surface area contributed by atoms with E-state index >= 15 is 17.6 Å². The van der Waals surface area contributed by atoms with Gasteiger partial charge in [0, 0.05) is 28.2 Å². The van der Waals surface area contributed by atoms with Crippen molar-refractivity contribution in [2.24, 2.45) is 5.92 Å². The minimum Gasteiger partial charge on any atom is -0.401 e. The van der Waals surface area contributed by atoms with E-state index in [4.69, 9.17) is 4.43 Å². The van der Waals surface area contributed by atoms with Crippen molar-refractivity contribution in [3.63, 3.8) is 0 Å². The topological polar surface area (TPSA) is 40.3 Å². The Labute approximate surface area is 299 Å². The van der Waals surface area contributed by atoms with Gasteiger partial charge in [-0.15, -0.1) is 0 Å². The fourth-order valence-electron chi connectivity index (χ4n) is 8.42. The maximum absolute atomic E-state index is 16.8. The second-order valence-electron chi connectivity index (χ2n) is 15.6. The van der Waals surface area contributed by atoms with Gasteiger partial charge < -0.3 is 14.7 Å². The summed E-state index contributed by atoms with van der Waals surface area (Å²) in [6.45, 7) is 10.0. The normalized spacial score (nSPS) is 19.5. The first-order valence-corrected chi connectivity index (χ1v) is 19.9. The molecule has 5 aromatic rings. The fraction of sp³-hybridized carbons (Fsp3) is 0.381. The van der Waals surface area contributed by atoms with Gasteiger partial charge in [0.25, 0.3) is 14.2 Å².